The van der Waals surface area contributed by atoms with Crippen LogP contribution in [-0.2, 0) is 6.61 Å². The molecule has 0 radical (unpaired) electrons. The zero-order chi connectivity index (χ0) is 17.6. The summed E-state index contributed by atoms with van der Waals surface area (Å²) in [6.07, 6.45) is 2.25. The van der Waals surface area contributed by atoms with Crippen LogP contribution in [0, 0.1) is 5.92 Å². The largest absolute Gasteiger partial charge is 0.482 e. The SMILES string of the molecule is Cl.O=C(NCC1CCCNC1)c1cc(COc2c(Cl)cccc2Cl)on1. The summed E-state index contributed by atoms with van der Waals surface area (Å²) in [6.45, 7) is 2.68. The average Bonchev–Trinajstić information content (AvgIpc) is 3.09. The van der Waals surface area contributed by atoms with Gasteiger partial charge in [-0.3, -0.25) is 4.79 Å². The van der Waals surface area contributed by atoms with E-state index >= 15 is 0 Å². The van der Waals surface area contributed by atoms with Crippen LogP contribution in [0.15, 0.2) is 28.8 Å². The van der Waals surface area contributed by atoms with Crippen LogP contribution in [0.4, 0.5) is 0 Å². The van der Waals surface area contributed by atoms with Crippen LogP contribution >= 0.6 is 35.6 Å². The molecule has 6 nitrogen and oxygen atoms in total. The number of benzene rings is 1. The molecular formula is C17H20Cl3N3O3. The summed E-state index contributed by atoms with van der Waals surface area (Å²) < 4.78 is 10.7. The molecule has 1 amide bonds. The molecule has 1 fully saturated rings. The number of piperidine rings is 1. The Morgan fingerprint density at radius 1 is 1.38 bits per heavy atom. The molecule has 1 atom stereocenters. The third-order valence-corrected chi connectivity index (χ3v) is 4.61. The van der Waals surface area contributed by atoms with E-state index in [1.807, 2.05) is 0 Å². The lowest BCUT2D eigenvalue weighted by Gasteiger charge is -2.22. The third-order valence-electron chi connectivity index (χ3n) is 4.02. The van der Waals surface area contributed by atoms with Crippen molar-refractivity contribution < 1.29 is 14.1 Å². The molecule has 1 unspecified atom stereocenters. The van der Waals surface area contributed by atoms with Crippen LogP contribution in [0.5, 0.6) is 5.75 Å². The topological polar surface area (TPSA) is 76.4 Å². The number of para-hydroxylation sites is 1. The quantitative estimate of drug-likeness (QED) is 0.745. The first kappa shape index (κ1) is 20.8. The number of ether oxygens (including phenoxy) is 1. The lowest BCUT2D eigenvalue weighted by atomic mass is 10.00. The number of carbonyl (C=O) groups is 1. The maximum Gasteiger partial charge on any atom is 0.273 e. The molecule has 2 N–H and O–H groups in total. The van der Waals surface area contributed by atoms with Gasteiger partial charge in [-0.25, -0.2) is 0 Å². The summed E-state index contributed by atoms with van der Waals surface area (Å²) in [5.74, 6) is 0.990. The number of amides is 1. The molecule has 1 aliphatic rings. The molecule has 1 aromatic heterocycles. The van der Waals surface area contributed by atoms with Gasteiger partial charge in [-0.15, -0.1) is 12.4 Å². The first-order valence-corrected chi connectivity index (χ1v) is 8.90. The van der Waals surface area contributed by atoms with Crippen molar-refractivity contribution in [2.45, 2.75) is 19.4 Å². The molecule has 9 heteroatoms. The van der Waals surface area contributed by atoms with E-state index in [9.17, 15) is 4.79 Å². The number of nitrogens with one attached hydrogen (secondary N) is 2. The van der Waals surface area contributed by atoms with Crippen molar-refractivity contribution in [3.05, 3.63) is 45.8 Å². The van der Waals surface area contributed by atoms with Crippen LogP contribution in [0.1, 0.15) is 29.1 Å². The highest BCUT2D eigenvalue weighted by Crippen LogP contribution is 2.32. The van der Waals surface area contributed by atoms with Gasteiger partial charge >= 0.3 is 0 Å². The lowest BCUT2D eigenvalue weighted by Crippen LogP contribution is -2.38. The van der Waals surface area contributed by atoms with E-state index in [1.165, 1.54) is 0 Å². The van der Waals surface area contributed by atoms with Gasteiger partial charge in [0.1, 0.15) is 6.61 Å². The van der Waals surface area contributed by atoms with Gasteiger partial charge in [-0.05, 0) is 44.0 Å². The Morgan fingerprint density at radius 3 is 2.85 bits per heavy atom. The second kappa shape index (κ2) is 10.0. The number of carbonyl (C=O) groups excluding carboxylic acids is 1. The van der Waals surface area contributed by atoms with Crippen molar-refractivity contribution in [1.29, 1.82) is 0 Å². The van der Waals surface area contributed by atoms with Crippen LogP contribution in [0.3, 0.4) is 0 Å². The molecule has 1 saturated heterocycles. The number of aromatic nitrogens is 1. The van der Waals surface area contributed by atoms with Crippen molar-refractivity contribution in [1.82, 2.24) is 15.8 Å². The van der Waals surface area contributed by atoms with Crippen LogP contribution < -0.4 is 15.4 Å². The van der Waals surface area contributed by atoms with Crippen molar-refractivity contribution in [2.75, 3.05) is 19.6 Å². The summed E-state index contributed by atoms with van der Waals surface area (Å²) in [5.41, 5.74) is 0.229. The first-order valence-electron chi connectivity index (χ1n) is 8.15. The summed E-state index contributed by atoms with van der Waals surface area (Å²) in [5, 5.41) is 10.8. The van der Waals surface area contributed by atoms with Gasteiger partial charge in [-0.2, -0.15) is 0 Å². The number of hydrogen-bond donors (Lipinski definition) is 2. The molecule has 0 spiro atoms. The summed E-state index contributed by atoms with van der Waals surface area (Å²) >= 11 is 12.1. The molecule has 1 aromatic carbocycles. The molecule has 142 valence electrons. The molecular weight excluding hydrogens is 401 g/mol. The van der Waals surface area contributed by atoms with Gasteiger partial charge in [0, 0.05) is 12.6 Å². The monoisotopic (exact) mass is 419 g/mol. The standard InChI is InChI=1S/C17H19Cl2N3O3.ClH/c18-13-4-1-5-14(19)16(13)24-10-12-7-15(22-25-12)17(23)21-9-11-3-2-6-20-8-11;/h1,4-5,7,11,20H,2-3,6,8-10H2,(H,21,23);1H. The maximum atomic E-state index is 12.1. The molecule has 3 rings (SSSR count). The summed E-state index contributed by atoms with van der Waals surface area (Å²) in [6, 6.07) is 6.65. The van der Waals surface area contributed by atoms with Gasteiger partial charge in [0.15, 0.2) is 17.2 Å². The first-order chi connectivity index (χ1) is 12.1. The van der Waals surface area contributed by atoms with Gasteiger partial charge in [0.2, 0.25) is 0 Å². The number of halogens is 3. The molecule has 0 bridgehead atoms. The van der Waals surface area contributed by atoms with E-state index in [1.54, 1.807) is 24.3 Å². The molecule has 0 saturated carbocycles. The zero-order valence-electron chi connectivity index (χ0n) is 14.0. The van der Waals surface area contributed by atoms with Gasteiger partial charge in [-0.1, -0.05) is 34.4 Å². The predicted octanol–water partition coefficient (Wildman–Crippen LogP) is 3.71. The molecule has 2 aromatic rings. The van der Waals surface area contributed by atoms with Crippen molar-refractivity contribution in [2.24, 2.45) is 5.92 Å². The Morgan fingerprint density at radius 2 is 2.15 bits per heavy atom. The average molecular weight is 421 g/mol. The van der Waals surface area contributed by atoms with Gasteiger partial charge in [0.25, 0.3) is 5.91 Å². The number of rotatable bonds is 6. The van der Waals surface area contributed by atoms with E-state index in [4.69, 9.17) is 32.5 Å². The smallest absolute Gasteiger partial charge is 0.273 e. The Kier molecular flexibility index (Phi) is 8.03. The minimum absolute atomic E-state index is 0. The summed E-state index contributed by atoms with van der Waals surface area (Å²) in [7, 11) is 0. The van der Waals surface area contributed by atoms with Crippen molar-refractivity contribution in [3.63, 3.8) is 0 Å². The Labute approximate surface area is 168 Å². The van der Waals surface area contributed by atoms with Gasteiger partial charge in [0.05, 0.1) is 10.0 Å². The van der Waals surface area contributed by atoms with Crippen LogP contribution in [-0.4, -0.2) is 30.7 Å². The minimum Gasteiger partial charge on any atom is -0.482 e. The van der Waals surface area contributed by atoms with Crippen LogP contribution in [0.2, 0.25) is 10.0 Å². The third kappa shape index (κ3) is 5.51. The van der Waals surface area contributed by atoms with E-state index in [0.29, 0.717) is 34.0 Å². The molecule has 2 heterocycles. The Balaban J connectivity index is 0.00000243. The maximum absolute atomic E-state index is 12.1. The fourth-order valence-electron chi connectivity index (χ4n) is 2.68. The van der Waals surface area contributed by atoms with E-state index in [0.717, 1.165) is 25.9 Å². The molecule has 26 heavy (non-hydrogen) atoms. The highest BCUT2D eigenvalue weighted by atomic mass is 35.5. The molecule has 0 aliphatic carbocycles. The van der Waals surface area contributed by atoms with Crippen molar-refractivity contribution >= 4 is 41.5 Å². The summed E-state index contributed by atoms with van der Waals surface area (Å²) in [4.78, 5) is 12.1. The highest BCUT2D eigenvalue weighted by Gasteiger charge is 2.17. The second-order valence-corrected chi connectivity index (χ2v) is 6.75. The Bertz CT molecular complexity index is 713. The fourth-order valence-corrected chi connectivity index (χ4v) is 3.18. The van der Waals surface area contributed by atoms with Crippen molar-refractivity contribution in [3.8, 4) is 5.75 Å². The normalized spacial score (nSPS) is 16.6. The van der Waals surface area contributed by atoms with Crippen LogP contribution in [0.25, 0.3) is 0 Å². The predicted molar refractivity (Wildman–Crippen MR) is 102 cm³/mol. The molecule has 1 aliphatic heterocycles. The minimum atomic E-state index is -0.253. The highest BCUT2D eigenvalue weighted by molar-refractivity contribution is 6.37. The van der Waals surface area contributed by atoms with Gasteiger partial charge < -0.3 is 19.9 Å². The number of hydrogen-bond acceptors (Lipinski definition) is 5. The lowest BCUT2D eigenvalue weighted by molar-refractivity contribution is 0.0935. The Hall–Kier alpha value is -1.47. The van der Waals surface area contributed by atoms with E-state index < -0.39 is 0 Å². The zero-order valence-corrected chi connectivity index (χ0v) is 16.3. The second-order valence-electron chi connectivity index (χ2n) is 5.94. The van der Waals surface area contributed by atoms with E-state index in [2.05, 4.69) is 15.8 Å². The van der Waals surface area contributed by atoms with E-state index in [-0.39, 0.29) is 30.6 Å². The fraction of sp³-hybridized carbons (Fsp3) is 0.412. The number of nitrogens with zero attached hydrogens (tertiary/aromatic N) is 1.